The molecule has 7 N–H and O–H groups in total. The maximum absolute atomic E-state index is 12.9. The van der Waals surface area contributed by atoms with Gasteiger partial charge in [0.2, 0.25) is 11.8 Å². The molecule has 0 aliphatic rings. The van der Waals surface area contributed by atoms with Crippen molar-refractivity contribution in [2.75, 3.05) is 6.61 Å². The van der Waals surface area contributed by atoms with Crippen LogP contribution in [0.4, 0.5) is 0 Å². The van der Waals surface area contributed by atoms with Gasteiger partial charge in [0.1, 0.15) is 24.4 Å². The minimum atomic E-state index is -1.21. The second-order valence-electron chi connectivity index (χ2n) is 7.67. The molecule has 4 atom stereocenters. The summed E-state index contributed by atoms with van der Waals surface area (Å²) in [5, 5.41) is 14.7. The van der Waals surface area contributed by atoms with Gasteiger partial charge in [0.15, 0.2) is 0 Å². The third-order valence-electron chi connectivity index (χ3n) is 4.77. The van der Waals surface area contributed by atoms with E-state index in [-0.39, 0.29) is 47.7 Å². The first kappa shape index (κ1) is 27.2. The fourth-order valence-electron chi connectivity index (χ4n) is 2.76. The van der Waals surface area contributed by atoms with Crippen LogP contribution in [0.2, 0.25) is 5.02 Å². The molecule has 1 aromatic carbocycles. The Balaban J connectivity index is 3.11. The van der Waals surface area contributed by atoms with Gasteiger partial charge in [0.25, 0.3) is 5.91 Å². The second-order valence-corrected chi connectivity index (χ2v) is 8.11. The van der Waals surface area contributed by atoms with Crippen LogP contribution >= 0.6 is 11.6 Å². The summed E-state index contributed by atoms with van der Waals surface area (Å²) in [6, 6.07) is 1.76. The number of carboxylic acid groups (broad SMARTS) is 1. The van der Waals surface area contributed by atoms with Crippen molar-refractivity contribution in [3.8, 4) is 5.75 Å². The van der Waals surface area contributed by atoms with E-state index in [1.54, 1.807) is 20.8 Å². The lowest BCUT2D eigenvalue weighted by molar-refractivity contribution is -0.143. The molecular formula is C21H31ClN4O6. The molecule has 0 spiro atoms. The number of benzene rings is 1. The molecule has 0 unspecified atom stereocenters. The van der Waals surface area contributed by atoms with E-state index in [0.717, 1.165) is 0 Å². The van der Waals surface area contributed by atoms with Crippen molar-refractivity contribution in [1.29, 1.82) is 0 Å². The molecule has 0 saturated heterocycles. The predicted molar refractivity (Wildman–Crippen MR) is 119 cm³/mol. The molecule has 10 nitrogen and oxygen atoms in total. The third-order valence-corrected chi connectivity index (χ3v) is 5.00. The zero-order valence-electron chi connectivity index (χ0n) is 18.4. The zero-order valence-corrected chi connectivity index (χ0v) is 19.1. The van der Waals surface area contributed by atoms with Crippen LogP contribution in [0.25, 0.3) is 0 Å². The molecule has 178 valence electrons. The molecule has 1 aromatic rings. The van der Waals surface area contributed by atoms with Gasteiger partial charge in [-0.2, -0.15) is 0 Å². The molecule has 1 rings (SSSR count). The minimum absolute atomic E-state index is 0.0618. The number of hydrogen-bond donors (Lipinski definition) is 5. The van der Waals surface area contributed by atoms with Crippen molar-refractivity contribution in [1.82, 2.24) is 10.6 Å². The SMILES string of the molecule is CC[C@H](C)[C@H](NC(=O)[C@H](CCC(N)=O)NC(=O)c1cc(Cl)ccc1OC[C@@H](C)N)C(=O)O. The number of nitrogens with two attached hydrogens (primary N) is 2. The Kier molecular flexibility index (Phi) is 10.9. The molecule has 0 bridgehead atoms. The summed E-state index contributed by atoms with van der Waals surface area (Å²) in [6.45, 7) is 5.35. The standard InChI is InChI=1S/C21H31ClN4O6/c1-4-11(2)18(21(30)31)26-20(29)15(6-8-17(24)27)25-19(28)14-9-13(22)5-7-16(14)32-10-12(3)23/h5,7,9,11-12,15,18H,4,6,8,10,23H2,1-3H3,(H2,24,27)(H,25,28)(H,26,29)(H,30,31)/t11-,12+,15-,18-/m0/s1. The van der Waals surface area contributed by atoms with Gasteiger partial charge in [0, 0.05) is 17.5 Å². The summed E-state index contributed by atoms with van der Waals surface area (Å²) in [7, 11) is 0. The van der Waals surface area contributed by atoms with Gasteiger partial charge < -0.3 is 31.9 Å². The van der Waals surface area contributed by atoms with Crippen LogP contribution in [0, 0.1) is 5.92 Å². The van der Waals surface area contributed by atoms with Crippen LogP contribution in [0.3, 0.4) is 0 Å². The molecule has 11 heteroatoms. The van der Waals surface area contributed by atoms with Gasteiger partial charge >= 0.3 is 5.97 Å². The lowest BCUT2D eigenvalue weighted by atomic mass is 9.98. The number of carboxylic acids is 1. The Morgan fingerprint density at radius 1 is 1.19 bits per heavy atom. The Labute approximate surface area is 192 Å². The first-order valence-corrected chi connectivity index (χ1v) is 10.6. The number of carbonyl (C=O) groups is 4. The average Bonchev–Trinajstić information content (AvgIpc) is 2.72. The molecule has 0 aromatic heterocycles. The van der Waals surface area contributed by atoms with Crippen LogP contribution in [0.15, 0.2) is 18.2 Å². The van der Waals surface area contributed by atoms with E-state index < -0.39 is 35.8 Å². The highest BCUT2D eigenvalue weighted by atomic mass is 35.5. The maximum Gasteiger partial charge on any atom is 0.326 e. The molecule has 0 radical (unpaired) electrons. The number of halogens is 1. The van der Waals surface area contributed by atoms with E-state index in [9.17, 15) is 24.3 Å². The normalized spacial score (nSPS) is 14.5. The first-order valence-electron chi connectivity index (χ1n) is 10.3. The third kappa shape index (κ3) is 8.72. The monoisotopic (exact) mass is 470 g/mol. The molecule has 3 amide bonds. The lowest BCUT2D eigenvalue weighted by Crippen LogP contribution is -2.53. The van der Waals surface area contributed by atoms with Crippen molar-refractivity contribution < 1.29 is 29.0 Å². The molecule has 0 saturated carbocycles. The summed E-state index contributed by atoms with van der Waals surface area (Å²) in [5.74, 6) is -3.44. The predicted octanol–water partition coefficient (Wildman–Crippen LogP) is 1.05. The number of hydrogen-bond acceptors (Lipinski definition) is 6. The number of aliphatic carboxylic acids is 1. The second kappa shape index (κ2) is 12.9. The topological polar surface area (TPSA) is 174 Å². The highest BCUT2D eigenvalue weighted by molar-refractivity contribution is 6.31. The van der Waals surface area contributed by atoms with Crippen LogP contribution in [-0.4, -0.2) is 53.5 Å². The van der Waals surface area contributed by atoms with Crippen LogP contribution < -0.4 is 26.8 Å². The highest BCUT2D eigenvalue weighted by Crippen LogP contribution is 2.23. The van der Waals surface area contributed by atoms with E-state index in [0.29, 0.717) is 6.42 Å². The number of amides is 3. The Morgan fingerprint density at radius 2 is 1.84 bits per heavy atom. The van der Waals surface area contributed by atoms with Crippen LogP contribution in [0.5, 0.6) is 5.75 Å². The van der Waals surface area contributed by atoms with E-state index >= 15 is 0 Å². The van der Waals surface area contributed by atoms with Gasteiger partial charge in [-0.05, 0) is 37.5 Å². The number of nitrogens with one attached hydrogen (secondary N) is 2. The lowest BCUT2D eigenvalue weighted by Gasteiger charge is -2.24. The maximum atomic E-state index is 12.9. The summed E-state index contributed by atoms with van der Waals surface area (Å²) in [4.78, 5) is 48.6. The Bertz CT molecular complexity index is 833. The Hall–Kier alpha value is -2.85. The largest absolute Gasteiger partial charge is 0.491 e. The number of carbonyl (C=O) groups excluding carboxylic acids is 3. The number of ether oxygens (including phenoxy) is 1. The van der Waals surface area contributed by atoms with Crippen LogP contribution in [-0.2, 0) is 14.4 Å². The van der Waals surface area contributed by atoms with Crippen molar-refractivity contribution in [3.05, 3.63) is 28.8 Å². The van der Waals surface area contributed by atoms with Crippen molar-refractivity contribution in [2.24, 2.45) is 17.4 Å². The summed E-state index contributed by atoms with van der Waals surface area (Å²) < 4.78 is 5.56. The fourth-order valence-corrected chi connectivity index (χ4v) is 2.93. The van der Waals surface area contributed by atoms with E-state index in [1.807, 2.05) is 0 Å². The smallest absolute Gasteiger partial charge is 0.326 e. The van der Waals surface area contributed by atoms with E-state index in [2.05, 4.69) is 10.6 Å². The van der Waals surface area contributed by atoms with E-state index in [1.165, 1.54) is 18.2 Å². The molecule has 0 aliphatic heterocycles. The first-order chi connectivity index (χ1) is 15.0. The Morgan fingerprint density at radius 3 is 2.38 bits per heavy atom. The molecule has 0 heterocycles. The molecular weight excluding hydrogens is 440 g/mol. The van der Waals surface area contributed by atoms with E-state index in [4.69, 9.17) is 27.8 Å². The molecule has 0 fully saturated rings. The fraction of sp³-hybridized carbons (Fsp3) is 0.524. The highest BCUT2D eigenvalue weighted by Gasteiger charge is 2.30. The summed E-state index contributed by atoms with van der Waals surface area (Å²) >= 11 is 6.01. The zero-order chi connectivity index (χ0) is 24.4. The molecule has 32 heavy (non-hydrogen) atoms. The van der Waals surface area contributed by atoms with Gasteiger partial charge in [-0.25, -0.2) is 4.79 Å². The quantitative estimate of drug-likeness (QED) is 0.286. The van der Waals surface area contributed by atoms with Crippen molar-refractivity contribution >= 4 is 35.3 Å². The summed E-state index contributed by atoms with van der Waals surface area (Å²) in [5.41, 5.74) is 10.9. The van der Waals surface area contributed by atoms with Crippen molar-refractivity contribution in [3.63, 3.8) is 0 Å². The minimum Gasteiger partial charge on any atom is -0.491 e. The molecule has 0 aliphatic carbocycles. The number of rotatable bonds is 13. The number of primary amides is 1. The van der Waals surface area contributed by atoms with Gasteiger partial charge in [-0.3, -0.25) is 14.4 Å². The van der Waals surface area contributed by atoms with Gasteiger partial charge in [-0.1, -0.05) is 31.9 Å². The van der Waals surface area contributed by atoms with Gasteiger partial charge in [-0.15, -0.1) is 0 Å². The van der Waals surface area contributed by atoms with Gasteiger partial charge in [0.05, 0.1) is 5.56 Å². The van der Waals surface area contributed by atoms with Crippen molar-refractivity contribution in [2.45, 2.75) is 58.2 Å². The average molecular weight is 471 g/mol. The van der Waals surface area contributed by atoms with Crippen LogP contribution in [0.1, 0.15) is 50.4 Å². The summed E-state index contributed by atoms with van der Waals surface area (Å²) in [6.07, 6.45) is 0.206.